The maximum atomic E-state index is 13.6. The van der Waals surface area contributed by atoms with Gasteiger partial charge in [0.15, 0.2) is 0 Å². The number of aromatic nitrogens is 2. The average Bonchev–Trinajstić information content (AvgIpc) is 2.86. The normalized spacial score (nSPS) is 11.8. The maximum Gasteiger partial charge on any atom is 0.322 e. The number of anilines is 1. The molecule has 4 aromatic rings. The third-order valence-corrected chi connectivity index (χ3v) is 5.91. The van der Waals surface area contributed by atoms with Crippen LogP contribution in [0.4, 0.5) is 10.5 Å². The van der Waals surface area contributed by atoms with Gasteiger partial charge in [0, 0.05) is 12.7 Å². The monoisotopic (exact) mass is 456 g/mol. The van der Waals surface area contributed by atoms with Crippen LogP contribution in [-0.2, 0) is 0 Å². The lowest BCUT2D eigenvalue weighted by Gasteiger charge is -2.29. The fraction of sp³-hybridized carbons (Fsp3) is 0.222. The fourth-order valence-corrected chi connectivity index (χ4v) is 3.97. The number of ether oxygens (including phenoxy) is 1. The number of nitrogens with zero attached hydrogens (tertiary/aromatic N) is 3. The van der Waals surface area contributed by atoms with Crippen molar-refractivity contribution in [2.45, 2.75) is 26.3 Å². The first-order valence-corrected chi connectivity index (χ1v) is 11.2. The number of carbonyl (C=O) groups is 1. The molecule has 0 fully saturated rings. The summed E-state index contributed by atoms with van der Waals surface area (Å²) in [5.41, 5.74) is 2.90. The van der Waals surface area contributed by atoms with E-state index in [0.29, 0.717) is 40.3 Å². The second-order valence-corrected chi connectivity index (χ2v) is 8.16. The van der Waals surface area contributed by atoms with E-state index in [9.17, 15) is 9.59 Å². The Balaban J connectivity index is 1.77. The van der Waals surface area contributed by atoms with Crippen LogP contribution in [0.3, 0.4) is 0 Å². The summed E-state index contributed by atoms with van der Waals surface area (Å²) in [7, 11) is 3.31. The van der Waals surface area contributed by atoms with E-state index in [0.717, 1.165) is 5.56 Å². The quantitative estimate of drug-likeness (QED) is 0.426. The van der Waals surface area contributed by atoms with Gasteiger partial charge in [-0.05, 0) is 61.9 Å². The van der Waals surface area contributed by atoms with Crippen molar-refractivity contribution < 1.29 is 9.53 Å². The molecule has 0 aliphatic heterocycles. The van der Waals surface area contributed by atoms with Gasteiger partial charge in [-0.15, -0.1) is 0 Å². The number of urea groups is 1. The van der Waals surface area contributed by atoms with Crippen molar-refractivity contribution in [3.05, 3.63) is 94.5 Å². The summed E-state index contributed by atoms with van der Waals surface area (Å²) in [5, 5.41) is 3.45. The molecular formula is C27H28N4O3. The zero-order valence-electron chi connectivity index (χ0n) is 19.8. The third kappa shape index (κ3) is 4.50. The van der Waals surface area contributed by atoms with E-state index in [4.69, 9.17) is 9.72 Å². The number of hydrogen-bond acceptors (Lipinski definition) is 4. The van der Waals surface area contributed by atoms with Crippen molar-refractivity contribution in [2.75, 3.05) is 19.5 Å². The maximum absolute atomic E-state index is 13.6. The van der Waals surface area contributed by atoms with E-state index in [1.807, 2.05) is 56.3 Å². The molecule has 0 spiro atoms. The molecule has 7 nitrogen and oxygen atoms in total. The van der Waals surface area contributed by atoms with Crippen molar-refractivity contribution >= 4 is 22.6 Å². The SMILES string of the molecule is CCC(c1nc2ccccc2c(=O)n1-c1ccc(C)cc1)N(C)C(=O)Nc1ccc(OC)cc1. The van der Waals surface area contributed by atoms with Crippen LogP contribution in [0.5, 0.6) is 5.75 Å². The van der Waals surface area contributed by atoms with E-state index in [1.165, 1.54) is 0 Å². The lowest BCUT2D eigenvalue weighted by atomic mass is 10.1. The second kappa shape index (κ2) is 9.79. The lowest BCUT2D eigenvalue weighted by molar-refractivity contribution is 0.199. The molecular weight excluding hydrogens is 428 g/mol. The summed E-state index contributed by atoms with van der Waals surface area (Å²) in [4.78, 5) is 33.2. The van der Waals surface area contributed by atoms with Crippen LogP contribution in [0.1, 0.15) is 30.8 Å². The number of amides is 2. The van der Waals surface area contributed by atoms with E-state index < -0.39 is 6.04 Å². The average molecular weight is 457 g/mol. The van der Waals surface area contributed by atoms with E-state index in [-0.39, 0.29) is 11.6 Å². The van der Waals surface area contributed by atoms with Crippen LogP contribution >= 0.6 is 0 Å². The minimum Gasteiger partial charge on any atom is -0.497 e. The molecule has 3 aromatic carbocycles. The molecule has 4 rings (SSSR count). The third-order valence-electron chi connectivity index (χ3n) is 5.91. The minimum absolute atomic E-state index is 0.160. The zero-order chi connectivity index (χ0) is 24.2. The number of fused-ring (bicyclic) bond motifs is 1. The second-order valence-electron chi connectivity index (χ2n) is 8.16. The van der Waals surface area contributed by atoms with Crippen molar-refractivity contribution in [3.8, 4) is 11.4 Å². The Morgan fingerprint density at radius 2 is 1.74 bits per heavy atom. The van der Waals surface area contributed by atoms with Gasteiger partial charge in [-0.25, -0.2) is 9.78 Å². The van der Waals surface area contributed by atoms with Crippen molar-refractivity contribution in [2.24, 2.45) is 0 Å². The molecule has 0 aliphatic carbocycles. The largest absolute Gasteiger partial charge is 0.497 e. The number of benzene rings is 3. The molecule has 1 aromatic heterocycles. The lowest BCUT2D eigenvalue weighted by Crippen LogP contribution is -2.38. The molecule has 174 valence electrons. The Bertz CT molecular complexity index is 1360. The smallest absolute Gasteiger partial charge is 0.322 e. The number of aryl methyl sites for hydroxylation is 1. The Morgan fingerprint density at radius 3 is 2.38 bits per heavy atom. The van der Waals surface area contributed by atoms with Crippen LogP contribution in [0, 0.1) is 6.92 Å². The first-order chi connectivity index (χ1) is 16.4. The van der Waals surface area contributed by atoms with Gasteiger partial charge in [0.25, 0.3) is 5.56 Å². The fourth-order valence-electron chi connectivity index (χ4n) is 3.97. The van der Waals surface area contributed by atoms with Crippen LogP contribution in [0.15, 0.2) is 77.6 Å². The zero-order valence-corrected chi connectivity index (χ0v) is 19.8. The summed E-state index contributed by atoms with van der Waals surface area (Å²) in [5.74, 6) is 1.22. The Hall–Kier alpha value is -4.13. The molecule has 0 bridgehead atoms. The highest BCUT2D eigenvalue weighted by Gasteiger charge is 2.26. The Kier molecular flexibility index (Phi) is 6.63. The van der Waals surface area contributed by atoms with Gasteiger partial charge in [0.1, 0.15) is 11.6 Å². The van der Waals surface area contributed by atoms with Gasteiger partial charge in [0.2, 0.25) is 0 Å². The molecule has 0 radical (unpaired) electrons. The standard InChI is InChI=1S/C27H28N4O3/c1-5-24(30(3)27(33)28-19-12-16-21(34-4)17-13-19)25-29-23-9-7-6-8-22(23)26(32)31(25)20-14-10-18(2)11-15-20/h6-17,24H,5H2,1-4H3,(H,28,33). The van der Waals surface area contributed by atoms with E-state index >= 15 is 0 Å². The Morgan fingerprint density at radius 1 is 1.06 bits per heavy atom. The molecule has 2 amide bonds. The molecule has 0 saturated heterocycles. The van der Waals surface area contributed by atoms with Crippen LogP contribution in [0.2, 0.25) is 0 Å². The molecule has 1 heterocycles. The number of nitrogens with one attached hydrogen (secondary N) is 1. The van der Waals surface area contributed by atoms with Crippen molar-refractivity contribution in [1.82, 2.24) is 14.5 Å². The minimum atomic E-state index is -0.433. The summed E-state index contributed by atoms with van der Waals surface area (Å²) in [6.07, 6.45) is 0.573. The Labute approximate surface area is 198 Å². The summed E-state index contributed by atoms with van der Waals surface area (Å²) in [6.45, 7) is 3.97. The van der Waals surface area contributed by atoms with Crippen LogP contribution < -0.4 is 15.6 Å². The van der Waals surface area contributed by atoms with Crippen LogP contribution in [0.25, 0.3) is 16.6 Å². The highest BCUT2D eigenvalue weighted by atomic mass is 16.5. The molecule has 0 aliphatic rings. The molecule has 1 atom stereocenters. The molecule has 1 N–H and O–H groups in total. The number of hydrogen-bond donors (Lipinski definition) is 1. The van der Waals surface area contributed by atoms with Crippen LogP contribution in [-0.4, -0.2) is 34.6 Å². The predicted molar refractivity (Wildman–Crippen MR) is 135 cm³/mol. The molecule has 7 heteroatoms. The highest BCUT2D eigenvalue weighted by molar-refractivity contribution is 5.89. The number of para-hydroxylation sites is 1. The van der Waals surface area contributed by atoms with E-state index in [1.54, 1.807) is 54.0 Å². The van der Waals surface area contributed by atoms with E-state index in [2.05, 4.69) is 5.32 Å². The number of rotatable bonds is 6. The number of carbonyl (C=O) groups excluding carboxylic acids is 1. The van der Waals surface area contributed by atoms with Gasteiger partial charge in [-0.3, -0.25) is 9.36 Å². The summed E-state index contributed by atoms with van der Waals surface area (Å²) >= 11 is 0. The topological polar surface area (TPSA) is 76.5 Å². The molecule has 34 heavy (non-hydrogen) atoms. The molecule has 0 saturated carbocycles. The van der Waals surface area contributed by atoms with Crippen molar-refractivity contribution in [1.29, 1.82) is 0 Å². The van der Waals surface area contributed by atoms with Gasteiger partial charge in [-0.2, -0.15) is 0 Å². The van der Waals surface area contributed by atoms with Gasteiger partial charge in [0.05, 0.1) is 29.7 Å². The van der Waals surface area contributed by atoms with Gasteiger partial charge < -0.3 is 15.0 Å². The van der Waals surface area contributed by atoms with Gasteiger partial charge >= 0.3 is 6.03 Å². The first-order valence-electron chi connectivity index (χ1n) is 11.2. The van der Waals surface area contributed by atoms with Crippen molar-refractivity contribution in [3.63, 3.8) is 0 Å². The predicted octanol–water partition coefficient (Wildman–Crippen LogP) is 5.32. The number of methoxy groups -OCH3 is 1. The summed E-state index contributed by atoms with van der Waals surface area (Å²) in [6, 6.07) is 21.4. The molecule has 1 unspecified atom stereocenters. The summed E-state index contributed by atoms with van der Waals surface area (Å²) < 4.78 is 6.80. The first kappa shape index (κ1) is 23.0. The van der Waals surface area contributed by atoms with Gasteiger partial charge in [-0.1, -0.05) is 36.8 Å². The highest BCUT2D eigenvalue weighted by Crippen LogP contribution is 2.26.